The molecule has 2 aromatic rings. The number of nitro benzene ring substituents is 1. The largest absolute Gasteiger partial charge is 0.497 e. The van der Waals surface area contributed by atoms with E-state index in [1.165, 1.54) is 23.1 Å². The van der Waals surface area contributed by atoms with E-state index in [1.807, 2.05) is 0 Å². The Hall–Kier alpha value is -3.35. The zero-order valence-corrected chi connectivity index (χ0v) is 14.6. The molecule has 0 radical (unpaired) electrons. The summed E-state index contributed by atoms with van der Waals surface area (Å²) >= 11 is 0. The molecular weight excluding hydrogens is 336 g/mol. The van der Waals surface area contributed by atoms with Gasteiger partial charge in [-0.3, -0.25) is 14.9 Å². The molecule has 0 unspecified atom stereocenters. The standard InChI is InChI=1S/C19H20N2O5/c1-20(12-13-26-18-9-7-17(25-2)8-10-18)19(22)11-6-15-4-3-5-16(14-15)21(23)24/h3-11,14H,12-13H2,1-2H3/b11-6+. The summed E-state index contributed by atoms with van der Waals surface area (Å²) in [5.74, 6) is 1.23. The van der Waals surface area contributed by atoms with Crippen LogP contribution >= 0.6 is 0 Å². The van der Waals surface area contributed by atoms with Crippen molar-refractivity contribution in [1.82, 2.24) is 4.90 Å². The molecule has 2 aromatic carbocycles. The van der Waals surface area contributed by atoms with Crippen molar-refractivity contribution in [2.24, 2.45) is 0 Å². The fourth-order valence-corrected chi connectivity index (χ4v) is 2.12. The lowest BCUT2D eigenvalue weighted by molar-refractivity contribution is -0.384. The van der Waals surface area contributed by atoms with Crippen molar-refractivity contribution in [3.63, 3.8) is 0 Å². The molecule has 0 saturated heterocycles. The average Bonchev–Trinajstić information content (AvgIpc) is 2.66. The van der Waals surface area contributed by atoms with Crippen LogP contribution in [-0.2, 0) is 4.79 Å². The molecule has 0 fully saturated rings. The first-order valence-electron chi connectivity index (χ1n) is 7.94. The molecule has 26 heavy (non-hydrogen) atoms. The Kier molecular flexibility index (Phi) is 6.73. The van der Waals surface area contributed by atoms with Gasteiger partial charge in [0.1, 0.15) is 18.1 Å². The summed E-state index contributed by atoms with van der Waals surface area (Å²) in [6.45, 7) is 0.753. The van der Waals surface area contributed by atoms with Gasteiger partial charge in [0, 0.05) is 25.3 Å². The number of carbonyl (C=O) groups is 1. The van der Waals surface area contributed by atoms with Gasteiger partial charge in [-0.2, -0.15) is 0 Å². The molecule has 0 atom stereocenters. The third kappa shape index (κ3) is 5.62. The Morgan fingerprint density at radius 2 is 1.88 bits per heavy atom. The van der Waals surface area contributed by atoms with Crippen molar-refractivity contribution in [3.05, 3.63) is 70.3 Å². The molecule has 0 aliphatic rings. The van der Waals surface area contributed by atoms with Crippen LogP contribution in [0.5, 0.6) is 11.5 Å². The smallest absolute Gasteiger partial charge is 0.270 e. The number of benzene rings is 2. The van der Waals surface area contributed by atoms with Crippen molar-refractivity contribution in [1.29, 1.82) is 0 Å². The van der Waals surface area contributed by atoms with E-state index in [0.29, 0.717) is 24.5 Å². The Labute approximate surface area is 151 Å². The van der Waals surface area contributed by atoms with E-state index < -0.39 is 4.92 Å². The van der Waals surface area contributed by atoms with Gasteiger partial charge in [0.2, 0.25) is 5.91 Å². The molecule has 0 N–H and O–H groups in total. The molecular formula is C19H20N2O5. The highest BCUT2D eigenvalue weighted by Crippen LogP contribution is 2.17. The van der Waals surface area contributed by atoms with Gasteiger partial charge in [0.15, 0.2) is 0 Å². The summed E-state index contributed by atoms with van der Waals surface area (Å²) in [6.07, 6.45) is 2.93. The quantitative estimate of drug-likeness (QED) is 0.412. The molecule has 0 aliphatic heterocycles. The zero-order valence-electron chi connectivity index (χ0n) is 14.6. The summed E-state index contributed by atoms with van der Waals surface area (Å²) in [6, 6.07) is 13.3. The number of hydrogen-bond donors (Lipinski definition) is 0. The minimum atomic E-state index is -0.470. The molecule has 2 rings (SSSR count). The van der Waals surface area contributed by atoms with Crippen molar-refractivity contribution >= 4 is 17.7 Å². The van der Waals surface area contributed by atoms with Gasteiger partial charge in [-0.15, -0.1) is 0 Å². The maximum Gasteiger partial charge on any atom is 0.270 e. The minimum Gasteiger partial charge on any atom is -0.497 e. The number of ether oxygens (including phenoxy) is 2. The number of nitro groups is 1. The molecule has 0 heterocycles. The number of carbonyl (C=O) groups excluding carboxylic acids is 1. The Bertz CT molecular complexity index is 787. The lowest BCUT2D eigenvalue weighted by atomic mass is 10.2. The molecule has 7 nitrogen and oxygen atoms in total. The van der Waals surface area contributed by atoms with Crippen LogP contribution in [0.2, 0.25) is 0 Å². The fraction of sp³-hybridized carbons (Fsp3) is 0.211. The van der Waals surface area contributed by atoms with Crippen molar-refractivity contribution in [2.75, 3.05) is 27.3 Å². The van der Waals surface area contributed by atoms with Crippen LogP contribution in [0.25, 0.3) is 6.08 Å². The number of amides is 1. The van der Waals surface area contributed by atoms with Gasteiger partial charge in [-0.1, -0.05) is 12.1 Å². The lowest BCUT2D eigenvalue weighted by Gasteiger charge is -2.15. The highest BCUT2D eigenvalue weighted by atomic mass is 16.6. The highest BCUT2D eigenvalue weighted by Gasteiger charge is 2.07. The number of methoxy groups -OCH3 is 1. The first-order chi connectivity index (χ1) is 12.5. The van der Waals surface area contributed by atoms with Crippen LogP contribution in [0.3, 0.4) is 0 Å². The van der Waals surface area contributed by atoms with Crippen LogP contribution in [0.4, 0.5) is 5.69 Å². The van der Waals surface area contributed by atoms with Crippen LogP contribution in [-0.4, -0.2) is 43.0 Å². The molecule has 0 bridgehead atoms. The molecule has 136 valence electrons. The lowest BCUT2D eigenvalue weighted by Crippen LogP contribution is -2.29. The van der Waals surface area contributed by atoms with E-state index >= 15 is 0 Å². The first kappa shape index (κ1) is 19.0. The summed E-state index contributed by atoms with van der Waals surface area (Å²) in [7, 11) is 3.26. The van der Waals surface area contributed by atoms with Crippen LogP contribution < -0.4 is 9.47 Å². The summed E-state index contributed by atoms with van der Waals surface area (Å²) in [5.41, 5.74) is 0.580. The number of rotatable bonds is 8. The van der Waals surface area contributed by atoms with E-state index in [-0.39, 0.29) is 11.6 Å². The SMILES string of the molecule is COc1ccc(OCCN(C)C(=O)/C=C/c2cccc([N+](=O)[O-])c2)cc1. The van der Waals surface area contributed by atoms with E-state index in [2.05, 4.69) is 0 Å². The topological polar surface area (TPSA) is 81.9 Å². The summed E-state index contributed by atoms with van der Waals surface area (Å²) in [4.78, 5) is 23.9. The van der Waals surface area contributed by atoms with Gasteiger partial charge in [0.05, 0.1) is 18.6 Å². The van der Waals surface area contributed by atoms with Crippen molar-refractivity contribution in [3.8, 4) is 11.5 Å². The van der Waals surface area contributed by atoms with Gasteiger partial charge < -0.3 is 14.4 Å². The molecule has 7 heteroatoms. The maximum absolute atomic E-state index is 12.1. The highest BCUT2D eigenvalue weighted by molar-refractivity contribution is 5.91. The predicted molar refractivity (Wildman–Crippen MR) is 98.3 cm³/mol. The minimum absolute atomic E-state index is 0.0131. The van der Waals surface area contributed by atoms with E-state index in [9.17, 15) is 14.9 Å². The van der Waals surface area contributed by atoms with Gasteiger partial charge in [0.25, 0.3) is 5.69 Å². The second-order valence-electron chi connectivity index (χ2n) is 5.47. The molecule has 0 aromatic heterocycles. The van der Waals surface area contributed by atoms with Crippen molar-refractivity contribution < 1.29 is 19.2 Å². The van der Waals surface area contributed by atoms with Crippen LogP contribution in [0.15, 0.2) is 54.6 Å². The second kappa shape index (κ2) is 9.22. The number of non-ortho nitro benzene ring substituents is 1. The molecule has 1 amide bonds. The summed E-state index contributed by atoms with van der Waals surface area (Å²) in [5, 5.41) is 10.8. The Balaban J connectivity index is 1.83. The first-order valence-corrected chi connectivity index (χ1v) is 7.94. The van der Waals surface area contributed by atoms with Gasteiger partial charge in [-0.05, 0) is 35.9 Å². The number of nitrogens with zero attached hydrogens (tertiary/aromatic N) is 2. The average molecular weight is 356 g/mol. The zero-order chi connectivity index (χ0) is 18.9. The summed E-state index contributed by atoms with van der Waals surface area (Å²) < 4.78 is 10.7. The predicted octanol–water partition coefficient (Wildman–Crippen LogP) is 3.15. The maximum atomic E-state index is 12.1. The Morgan fingerprint density at radius 1 is 1.19 bits per heavy atom. The van der Waals surface area contributed by atoms with E-state index in [0.717, 1.165) is 5.75 Å². The van der Waals surface area contributed by atoms with Crippen LogP contribution in [0.1, 0.15) is 5.56 Å². The van der Waals surface area contributed by atoms with E-state index in [4.69, 9.17) is 9.47 Å². The second-order valence-corrected chi connectivity index (χ2v) is 5.47. The van der Waals surface area contributed by atoms with Crippen LogP contribution in [0, 0.1) is 10.1 Å². The number of likely N-dealkylation sites (N-methyl/N-ethyl adjacent to an activating group) is 1. The van der Waals surface area contributed by atoms with Gasteiger partial charge >= 0.3 is 0 Å². The molecule has 0 saturated carbocycles. The van der Waals surface area contributed by atoms with Crippen molar-refractivity contribution in [2.45, 2.75) is 0 Å². The third-order valence-corrected chi connectivity index (χ3v) is 3.63. The number of hydrogen-bond acceptors (Lipinski definition) is 5. The van der Waals surface area contributed by atoms with Gasteiger partial charge in [-0.25, -0.2) is 0 Å². The molecule has 0 aliphatic carbocycles. The normalized spacial score (nSPS) is 10.5. The third-order valence-electron chi connectivity index (χ3n) is 3.63. The monoisotopic (exact) mass is 356 g/mol. The fourth-order valence-electron chi connectivity index (χ4n) is 2.12. The van der Waals surface area contributed by atoms with E-state index in [1.54, 1.807) is 56.6 Å². The molecule has 0 spiro atoms. The Morgan fingerprint density at radius 3 is 2.54 bits per heavy atom.